The number of ether oxygens (including phenoxy) is 1. The molecule has 1 unspecified atom stereocenters. The second kappa shape index (κ2) is 6.91. The van der Waals surface area contributed by atoms with Crippen molar-refractivity contribution in [2.75, 3.05) is 6.54 Å². The van der Waals surface area contributed by atoms with E-state index in [4.69, 9.17) is 4.74 Å². The molecule has 1 aliphatic rings. The van der Waals surface area contributed by atoms with Gasteiger partial charge < -0.3 is 15.0 Å². The third-order valence-corrected chi connectivity index (χ3v) is 2.90. The van der Waals surface area contributed by atoms with Crippen molar-refractivity contribution in [2.24, 2.45) is 0 Å². The predicted octanol–water partition coefficient (Wildman–Crippen LogP) is 2.76. The monoisotopic (exact) mass is 300 g/mol. The molecular formula is C15H25FN2O3. The number of halogens is 1. The molecule has 1 saturated heterocycles. The zero-order chi connectivity index (χ0) is 16.2. The highest BCUT2D eigenvalue weighted by Crippen LogP contribution is 2.23. The smallest absolute Gasteiger partial charge is 0.410 e. The third kappa shape index (κ3) is 5.73. The van der Waals surface area contributed by atoms with E-state index in [-0.39, 0.29) is 6.04 Å². The van der Waals surface area contributed by atoms with Crippen LogP contribution in [0, 0.1) is 0 Å². The van der Waals surface area contributed by atoms with E-state index in [1.807, 2.05) is 0 Å². The minimum atomic E-state index is -0.857. The van der Waals surface area contributed by atoms with E-state index in [1.165, 1.54) is 11.0 Å². The normalized spacial score (nSPS) is 19.9. The summed E-state index contributed by atoms with van der Waals surface area (Å²) in [6.45, 7) is 9.37. The summed E-state index contributed by atoms with van der Waals surface area (Å²) >= 11 is 0. The number of nitrogens with zero attached hydrogens (tertiary/aromatic N) is 1. The van der Waals surface area contributed by atoms with Crippen LogP contribution in [0.1, 0.15) is 47.5 Å². The van der Waals surface area contributed by atoms with E-state index in [2.05, 4.69) is 5.32 Å². The summed E-state index contributed by atoms with van der Waals surface area (Å²) in [5, 5.41) is 2.48. The molecule has 1 rings (SSSR count). The molecule has 120 valence electrons. The molecule has 6 heteroatoms. The summed E-state index contributed by atoms with van der Waals surface area (Å²) in [6, 6.07) is -0.569. The molecule has 0 bridgehead atoms. The van der Waals surface area contributed by atoms with E-state index in [0.29, 0.717) is 13.0 Å². The van der Waals surface area contributed by atoms with Crippen molar-refractivity contribution in [1.29, 1.82) is 0 Å². The van der Waals surface area contributed by atoms with E-state index < -0.39 is 29.5 Å². The molecule has 1 aliphatic heterocycles. The van der Waals surface area contributed by atoms with Gasteiger partial charge in [0.25, 0.3) is 5.91 Å². The first-order valence-electron chi connectivity index (χ1n) is 7.28. The average molecular weight is 300 g/mol. The van der Waals surface area contributed by atoms with Gasteiger partial charge in [0.15, 0.2) is 5.83 Å². The second-order valence-corrected chi connectivity index (χ2v) is 6.53. The van der Waals surface area contributed by atoms with Gasteiger partial charge in [0, 0.05) is 12.6 Å². The van der Waals surface area contributed by atoms with Gasteiger partial charge in [0.05, 0.1) is 6.04 Å². The van der Waals surface area contributed by atoms with Crippen LogP contribution in [-0.2, 0) is 9.53 Å². The average Bonchev–Trinajstić information content (AvgIpc) is 2.73. The Balaban J connectivity index is 2.73. The molecule has 2 amide bonds. The van der Waals surface area contributed by atoms with Gasteiger partial charge in [0.1, 0.15) is 5.60 Å². The lowest BCUT2D eigenvalue weighted by molar-refractivity contribution is -0.119. The van der Waals surface area contributed by atoms with Crippen LogP contribution in [0.15, 0.2) is 11.9 Å². The Hall–Kier alpha value is -1.59. The van der Waals surface area contributed by atoms with Crippen LogP contribution in [0.3, 0.4) is 0 Å². The predicted molar refractivity (Wildman–Crippen MR) is 78.4 cm³/mol. The first-order chi connectivity index (χ1) is 9.60. The number of carbonyl (C=O) groups is 2. The summed E-state index contributed by atoms with van der Waals surface area (Å²) in [7, 11) is 0. The van der Waals surface area contributed by atoms with Crippen LogP contribution >= 0.6 is 0 Å². The van der Waals surface area contributed by atoms with Crippen molar-refractivity contribution in [3.05, 3.63) is 11.9 Å². The van der Waals surface area contributed by atoms with Gasteiger partial charge >= 0.3 is 6.09 Å². The van der Waals surface area contributed by atoms with Crippen LogP contribution in [0.5, 0.6) is 0 Å². The second-order valence-electron chi connectivity index (χ2n) is 6.53. The zero-order valence-corrected chi connectivity index (χ0v) is 13.4. The summed E-state index contributed by atoms with van der Waals surface area (Å²) in [4.78, 5) is 25.1. The Kier molecular flexibility index (Phi) is 5.75. The highest BCUT2D eigenvalue weighted by molar-refractivity contribution is 5.91. The van der Waals surface area contributed by atoms with Crippen LogP contribution in [0.4, 0.5) is 9.18 Å². The molecule has 1 fully saturated rings. The molecule has 5 nitrogen and oxygen atoms in total. The summed E-state index contributed by atoms with van der Waals surface area (Å²) in [6.07, 6.45) is 2.12. The van der Waals surface area contributed by atoms with Crippen LogP contribution in [-0.4, -0.2) is 41.1 Å². The fourth-order valence-corrected chi connectivity index (χ4v) is 2.09. The number of amides is 2. The van der Waals surface area contributed by atoms with Crippen molar-refractivity contribution in [3.63, 3.8) is 0 Å². The molecule has 0 aromatic rings. The van der Waals surface area contributed by atoms with E-state index in [9.17, 15) is 14.0 Å². The molecule has 0 saturated carbocycles. The van der Waals surface area contributed by atoms with E-state index in [1.54, 1.807) is 34.6 Å². The fourth-order valence-electron chi connectivity index (χ4n) is 2.09. The molecule has 1 atom stereocenters. The molecule has 0 radical (unpaired) electrons. The lowest BCUT2D eigenvalue weighted by atomic mass is 10.2. The van der Waals surface area contributed by atoms with Gasteiger partial charge in [-0.25, -0.2) is 9.18 Å². The summed E-state index contributed by atoms with van der Waals surface area (Å²) in [5.74, 6) is -1.61. The van der Waals surface area contributed by atoms with Gasteiger partial charge in [-0.05, 0) is 53.5 Å². The first kappa shape index (κ1) is 17.5. The van der Waals surface area contributed by atoms with Gasteiger partial charge in [-0.3, -0.25) is 4.79 Å². The number of likely N-dealkylation sites (tertiary alicyclic amines) is 1. The highest BCUT2D eigenvalue weighted by atomic mass is 19.1. The van der Waals surface area contributed by atoms with Gasteiger partial charge in [-0.15, -0.1) is 0 Å². The number of nitrogens with one attached hydrogen (secondary N) is 1. The molecule has 0 aromatic heterocycles. The lowest BCUT2D eigenvalue weighted by Crippen LogP contribution is -2.39. The molecule has 1 N–H and O–H groups in total. The van der Waals surface area contributed by atoms with Gasteiger partial charge in [-0.1, -0.05) is 0 Å². The van der Waals surface area contributed by atoms with Gasteiger partial charge in [0.2, 0.25) is 0 Å². The number of carbonyl (C=O) groups excluding carboxylic acids is 2. The minimum Gasteiger partial charge on any atom is -0.444 e. The molecule has 1 heterocycles. The third-order valence-electron chi connectivity index (χ3n) is 2.90. The Labute approximate surface area is 125 Å². The minimum absolute atomic E-state index is 0.137. The maximum atomic E-state index is 13.9. The van der Waals surface area contributed by atoms with Crippen LogP contribution < -0.4 is 5.32 Å². The molecule has 0 aromatic carbocycles. The topological polar surface area (TPSA) is 58.6 Å². The van der Waals surface area contributed by atoms with Gasteiger partial charge in [-0.2, -0.15) is 0 Å². The Bertz CT molecular complexity index is 427. The van der Waals surface area contributed by atoms with Crippen LogP contribution in [0.25, 0.3) is 0 Å². The van der Waals surface area contributed by atoms with Crippen molar-refractivity contribution in [1.82, 2.24) is 10.2 Å². The lowest BCUT2D eigenvalue weighted by Gasteiger charge is -2.27. The Morgan fingerprint density at radius 2 is 2.00 bits per heavy atom. The van der Waals surface area contributed by atoms with Crippen molar-refractivity contribution < 1.29 is 18.7 Å². The maximum Gasteiger partial charge on any atom is 0.410 e. The van der Waals surface area contributed by atoms with Crippen LogP contribution in [0.2, 0.25) is 0 Å². The largest absolute Gasteiger partial charge is 0.444 e. The number of hydrogen-bond acceptors (Lipinski definition) is 3. The highest BCUT2D eigenvalue weighted by Gasteiger charge is 2.31. The Morgan fingerprint density at radius 1 is 1.38 bits per heavy atom. The van der Waals surface area contributed by atoms with Crippen molar-refractivity contribution in [3.8, 4) is 0 Å². The standard InChI is InChI=1S/C15H25FN2O3/c1-10(2)17-13(19)12(16)9-11-7-6-8-18(11)14(20)21-15(3,4)5/h9-11H,6-8H2,1-5H3,(H,17,19)/b12-9-. The molecule has 21 heavy (non-hydrogen) atoms. The molecular weight excluding hydrogens is 275 g/mol. The van der Waals surface area contributed by atoms with E-state index in [0.717, 1.165) is 6.42 Å². The van der Waals surface area contributed by atoms with Crippen molar-refractivity contribution >= 4 is 12.0 Å². The Morgan fingerprint density at radius 3 is 2.52 bits per heavy atom. The molecule has 0 spiro atoms. The zero-order valence-electron chi connectivity index (χ0n) is 13.4. The summed E-state index contributed by atoms with van der Waals surface area (Å²) < 4.78 is 19.1. The summed E-state index contributed by atoms with van der Waals surface area (Å²) in [5.41, 5.74) is -0.596. The maximum absolute atomic E-state index is 13.9. The van der Waals surface area contributed by atoms with Crippen molar-refractivity contribution in [2.45, 2.75) is 65.1 Å². The number of hydrogen-bond donors (Lipinski definition) is 1. The number of rotatable bonds is 3. The SMILES string of the molecule is CC(C)NC(=O)/C(F)=C/C1CCCN1C(=O)OC(C)(C)C. The quantitative estimate of drug-likeness (QED) is 0.815. The van der Waals surface area contributed by atoms with E-state index >= 15 is 0 Å². The fraction of sp³-hybridized carbons (Fsp3) is 0.733. The first-order valence-corrected chi connectivity index (χ1v) is 7.28. The molecule has 0 aliphatic carbocycles.